The van der Waals surface area contributed by atoms with Crippen LogP contribution in [0, 0.1) is 35.0 Å². The second kappa shape index (κ2) is 8.76. The van der Waals surface area contributed by atoms with E-state index in [2.05, 4.69) is 0 Å². The summed E-state index contributed by atoms with van der Waals surface area (Å²) in [6.07, 6.45) is 0. The molecule has 39 heavy (non-hydrogen) atoms. The maximum Gasteiger partial charge on any atom is 0.334 e. The van der Waals surface area contributed by atoms with Crippen LogP contribution in [0.5, 0.6) is 0 Å². The zero-order valence-corrected chi connectivity index (χ0v) is 22.8. The number of carbonyl (C=O) groups excluding carboxylic acids is 5. The fourth-order valence-electron chi connectivity index (χ4n) is 7.55. The number of rotatable bonds is 4. The Labute approximate surface area is 234 Å². The van der Waals surface area contributed by atoms with Gasteiger partial charge >= 0.3 is 5.97 Å². The normalized spacial score (nSPS) is 31.3. The van der Waals surface area contributed by atoms with Crippen LogP contribution in [0.25, 0.3) is 0 Å². The minimum atomic E-state index is -1.47. The number of nitrogens with zero attached hydrogens (tertiary/aromatic N) is 2. The monoisotopic (exact) mass is 566 g/mol. The molecular weight excluding hydrogens is 543 g/mol. The number of anilines is 2. The average Bonchev–Trinajstić information content (AvgIpc) is 3.30. The molecule has 0 spiro atoms. The number of carbonyl (C=O) groups is 5. The van der Waals surface area contributed by atoms with Gasteiger partial charge in [-0.25, -0.2) is 14.6 Å². The van der Waals surface area contributed by atoms with Crippen LogP contribution in [0.1, 0.15) is 20.8 Å². The fourth-order valence-corrected chi connectivity index (χ4v) is 7.92. The van der Waals surface area contributed by atoms with E-state index in [9.17, 15) is 24.0 Å². The van der Waals surface area contributed by atoms with Crippen LogP contribution in [0.4, 0.5) is 11.4 Å². The quantitative estimate of drug-likeness (QED) is 0.400. The Morgan fingerprint density at radius 3 is 1.69 bits per heavy atom. The van der Waals surface area contributed by atoms with Gasteiger partial charge in [0.2, 0.25) is 23.6 Å². The molecule has 4 atom stereocenters. The molecule has 0 N–H and O–H groups in total. The smallest absolute Gasteiger partial charge is 0.334 e. The molecule has 7 rings (SSSR count). The molecule has 4 amide bonds. The van der Waals surface area contributed by atoms with Gasteiger partial charge in [0.25, 0.3) is 0 Å². The highest BCUT2D eigenvalue weighted by atomic mass is 35.5. The molecule has 2 aromatic carbocycles. The van der Waals surface area contributed by atoms with Crippen molar-refractivity contribution in [2.45, 2.75) is 20.8 Å². The summed E-state index contributed by atoms with van der Waals surface area (Å²) in [5.74, 6) is -7.48. The summed E-state index contributed by atoms with van der Waals surface area (Å²) in [5.41, 5.74) is -0.176. The van der Waals surface area contributed by atoms with E-state index in [0.717, 1.165) is 9.80 Å². The molecule has 0 radical (unpaired) electrons. The van der Waals surface area contributed by atoms with Crippen molar-refractivity contribution in [2.24, 2.45) is 35.0 Å². The first-order valence-corrected chi connectivity index (χ1v) is 13.4. The van der Waals surface area contributed by atoms with Gasteiger partial charge in [0.05, 0.1) is 41.7 Å². The van der Waals surface area contributed by atoms with Crippen LogP contribution in [-0.4, -0.2) is 36.2 Å². The van der Waals surface area contributed by atoms with Crippen molar-refractivity contribution in [1.82, 2.24) is 0 Å². The predicted octanol–water partition coefficient (Wildman–Crippen LogP) is 4.43. The summed E-state index contributed by atoms with van der Waals surface area (Å²) in [7, 11) is 0. The molecule has 2 aliphatic heterocycles. The van der Waals surface area contributed by atoms with Crippen molar-refractivity contribution in [2.75, 3.05) is 16.4 Å². The maximum atomic E-state index is 14.1. The van der Waals surface area contributed by atoms with Gasteiger partial charge in [-0.3, -0.25) is 19.2 Å². The van der Waals surface area contributed by atoms with Gasteiger partial charge in [-0.05, 0) is 50.2 Å². The zero-order chi connectivity index (χ0) is 28.0. The molecule has 2 heterocycles. The molecular formula is C29H24Cl2N2O6. The topological polar surface area (TPSA) is 101 Å². The van der Waals surface area contributed by atoms with Crippen molar-refractivity contribution in [1.29, 1.82) is 0 Å². The van der Waals surface area contributed by atoms with Gasteiger partial charge in [0.1, 0.15) is 0 Å². The van der Waals surface area contributed by atoms with Gasteiger partial charge in [0.15, 0.2) is 0 Å². The van der Waals surface area contributed by atoms with E-state index in [4.69, 9.17) is 27.9 Å². The Kier molecular flexibility index (Phi) is 5.79. The molecule has 10 heteroatoms. The summed E-state index contributed by atoms with van der Waals surface area (Å²) in [6.45, 7) is 5.09. The summed E-state index contributed by atoms with van der Waals surface area (Å²) >= 11 is 12.3. The number of ether oxygens (including phenoxy) is 1. The first-order chi connectivity index (χ1) is 18.5. The van der Waals surface area contributed by atoms with Crippen LogP contribution in [0.15, 0.2) is 59.7 Å². The largest absolute Gasteiger partial charge is 0.463 e. The first-order valence-electron chi connectivity index (χ1n) is 12.7. The van der Waals surface area contributed by atoms with E-state index in [-0.39, 0.29) is 12.2 Å². The van der Waals surface area contributed by atoms with E-state index in [1.54, 1.807) is 57.2 Å². The third-order valence-corrected chi connectivity index (χ3v) is 9.28. The summed E-state index contributed by atoms with van der Waals surface area (Å²) in [5, 5.41) is 0.691. The van der Waals surface area contributed by atoms with Crippen LogP contribution in [-0.2, 0) is 28.7 Å². The summed E-state index contributed by atoms with van der Waals surface area (Å²) in [4.78, 5) is 71.8. The van der Waals surface area contributed by atoms with Gasteiger partial charge in [-0.2, -0.15) is 0 Å². The molecule has 2 bridgehead atoms. The van der Waals surface area contributed by atoms with Crippen molar-refractivity contribution >= 4 is 64.2 Å². The minimum Gasteiger partial charge on any atom is -0.463 e. The second-order valence-corrected chi connectivity index (χ2v) is 11.5. The molecule has 0 aromatic heterocycles. The lowest BCUT2D eigenvalue weighted by atomic mass is 9.43. The van der Waals surface area contributed by atoms with Crippen LogP contribution in [0.2, 0.25) is 10.0 Å². The molecule has 3 aliphatic carbocycles. The number of hydrogen-bond acceptors (Lipinski definition) is 6. The Hall–Kier alpha value is -3.49. The number of hydrogen-bond donors (Lipinski definition) is 0. The number of amides is 4. The van der Waals surface area contributed by atoms with E-state index in [1.807, 2.05) is 0 Å². The Bertz CT molecular complexity index is 1440. The summed E-state index contributed by atoms with van der Waals surface area (Å²) in [6, 6.07) is 12.8. The third kappa shape index (κ3) is 3.28. The van der Waals surface area contributed by atoms with Crippen LogP contribution < -0.4 is 9.80 Å². The Balaban J connectivity index is 1.55. The standard InChI is InChI=1S/C29H24Cl2N2O6/c1-4-39-28(38)21-13(2)18-19-22(26(36)32(24(19)34)16-9-5-7-14(30)11-16)29(21,3)23-20(18)25(35)33(27(23)37)17-10-6-8-15(31)12-17/h5-12,18-20,22-23H,4H2,1-3H3/t18?,19-,20-,22-,23-,29?/m1/s1. The lowest BCUT2D eigenvalue weighted by Gasteiger charge is -2.55. The van der Waals surface area contributed by atoms with Crippen LogP contribution >= 0.6 is 23.2 Å². The number of esters is 1. The van der Waals surface area contributed by atoms with Crippen molar-refractivity contribution in [3.8, 4) is 0 Å². The van der Waals surface area contributed by atoms with Crippen molar-refractivity contribution in [3.63, 3.8) is 0 Å². The number of imide groups is 2. The predicted molar refractivity (Wildman–Crippen MR) is 143 cm³/mol. The first kappa shape index (κ1) is 25.8. The van der Waals surface area contributed by atoms with Crippen molar-refractivity contribution < 1.29 is 28.7 Å². The minimum absolute atomic E-state index is 0.0849. The Morgan fingerprint density at radius 1 is 0.821 bits per heavy atom. The molecule has 3 fully saturated rings. The SMILES string of the molecule is CCOC(=O)C1=C(C)C2[C@H]3C(=O)N(c4cccc(Cl)c4)C(=O)[C@@H]3C1(C)[C@H]1C(=O)N(c3cccc(Cl)c3)C(=O)[C@H]21. The van der Waals surface area contributed by atoms with Crippen LogP contribution in [0.3, 0.4) is 0 Å². The molecule has 1 saturated carbocycles. The molecule has 200 valence electrons. The summed E-state index contributed by atoms with van der Waals surface area (Å²) < 4.78 is 5.39. The Morgan fingerprint density at radius 2 is 1.28 bits per heavy atom. The highest BCUT2D eigenvalue weighted by molar-refractivity contribution is 6.32. The fraction of sp³-hybridized carbons (Fsp3) is 0.345. The highest BCUT2D eigenvalue weighted by Crippen LogP contribution is 2.68. The molecule has 5 aliphatic rings. The van der Waals surface area contributed by atoms with E-state index >= 15 is 0 Å². The molecule has 0 unspecified atom stereocenters. The van der Waals surface area contributed by atoms with Gasteiger partial charge in [-0.1, -0.05) is 47.8 Å². The average molecular weight is 567 g/mol. The number of halogens is 2. The molecule has 2 saturated heterocycles. The van der Waals surface area contributed by atoms with Gasteiger partial charge < -0.3 is 4.74 Å². The highest BCUT2D eigenvalue weighted by Gasteiger charge is 2.77. The maximum absolute atomic E-state index is 14.1. The molecule has 8 nitrogen and oxygen atoms in total. The van der Waals surface area contributed by atoms with E-state index < -0.39 is 64.6 Å². The lowest BCUT2D eigenvalue weighted by molar-refractivity contribution is -0.155. The number of benzene rings is 2. The van der Waals surface area contributed by atoms with E-state index in [0.29, 0.717) is 27.0 Å². The van der Waals surface area contributed by atoms with Gasteiger partial charge in [0, 0.05) is 27.0 Å². The third-order valence-electron chi connectivity index (χ3n) is 8.81. The van der Waals surface area contributed by atoms with E-state index in [1.165, 1.54) is 12.1 Å². The van der Waals surface area contributed by atoms with Gasteiger partial charge in [-0.15, -0.1) is 0 Å². The number of allylic oxidation sites excluding steroid dienone is 1. The molecule has 2 aromatic rings. The second-order valence-electron chi connectivity index (χ2n) is 10.6. The van der Waals surface area contributed by atoms with Crippen molar-refractivity contribution in [3.05, 3.63) is 69.7 Å². The lowest BCUT2D eigenvalue weighted by Crippen LogP contribution is -2.61. The zero-order valence-electron chi connectivity index (χ0n) is 21.3.